The molecule has 1 amide bonds. The summed E-state index contributed by atoms with van der Waals surface area (Å²) in [4.78, 5) is 15.4. The van der Waals surface area contributed by atoms with Crippen molar-refractivity contribution in [2.45, 2.75) is 64.6 Å². The van der Waals surface area contributed by atoms with Gasteiger partial charge in [-0.1, -0.05) is 57.5 Å². The monoisotopic (exact) mass is 499 g/mol. The predicted octanol–water partition coefficient (Wildman–Crippen LogP) is 3.81. The van der Waals surface area contributed by atoms with E-state index < -0.39 is 16.1 Å². The highest BCUT2D eigenvalue weighted by atomic mass is 32.2. The van der Waals surface area contributed by atoms with Gasteiger partial charge in [-0.2, -0.15) is 0 Å². The van der Waals surface area contributed by atoms with Crippen LogP contribution in [-0.4, -0.2) is 51.2 Å². The summed E-state index contributed by atoms with van der Waals surface area (Å²) in [7, 11) is -3.58. The Balaban J connectivity index is 1.40. The Morgan fingerprint density at radius 2 is 1.69 bits per heavy atom. The third-order valence-corrected chi connectivity index (χ3v) is 7.88. The van der Waals surface area contributed by atoms with Gasteiger partial charge in [-0.05, 0) is 60.2 Å². The van der Waals surface area contributed by atoms with Crippen molar-refractivity contribution in [3.05, 3.63) is 59.2 Å². The summed E-state index contributed by atoms with van der Waals surface area (Å²) >= 11 is 0. The van der Waals surface area contributed by atoms with Crippen molar-refractivity contribution in [1.82, 2.24) is 10.2 Å². The molecule has 35 heavy (non-hydrogen) atoms. The van der Waals surface area contributed by atoms with Crippen molar-refractivity contribution in [2.75, 3.05) is 30.2 Å². The Kier molecular flexibility index (Phi) is 7.43. The molecule has 0 unspecified atom stereocenters. The van der Waals surface area contributed by atoms with Crippen LogP contribution in [0, 0.1) is 0 Å². The number of fused-ring (bicyclic) bond motifs is 1. The molecule has 1 atom stereocenters. The van der Waals surface area contributed by atoms with E-state index in [1.807, 2.05) is 24.3 Å². The minimum atomic E-state index is -3.58. The summed E-state index contributed by atoms with van der Waals surface area (Å²) in [5.41, 5.74) is 3.60. The van der Waals surface area contributed by atoms with E-state index in [9.17, 15) is 13.2 Å². The van der Waals surface area contributed by atoms with Crippen molar-refractivity contribution in [3.8, 4) is 5.75 Å². The van der Waals surface area contributed by atoms with Gasteiger partial charge in [0.25, 0.3) is 5.91 Å². The second kappa shape index (κ2) is 10.2. The topological polar surface area (TPSA) is 79.0 Å². The molecule has 2 aromatic carbocycles. The number of benzene rings is 2. The largest absolute Gasteiger partial charge is 0.476 e. The normalized spacial score (nSPS) is 19.1. The van der Waals surface area contributed by atoms with Crippen LogP contribution in [-0.2, 0) is 33.3 Å². The fourth-order valence-corrected chi connectivity index (χ4v) is 5.52. The number of nitrogens with one attached hydrogen (secondary N) is 1. The fourth-order valence-electron chi connectivity index (χ4n) is 4.61. The van der Waals surface area contributed by atoms with Crippen LogP contribution in [0.25, 0.3) is 0 Å². The first-order valence-corrected chi connectivity index (χ1v) is 14.2. The molecule has 2 aliphatic rings. The number of ether oxygens (including phenoxy) is 1. The highest BCUT2D eigenvalue weighted by molar-refractivity contribution is 7.92. The van der Waals surface area contributed by atoms with Gasteiger partial charge in [-0.15, -0.1) is 0 Å². The van der Waals surface area contributed by atoms with Crippen molar-refractivity contribution in [3.63, 3.8) is 0 Å². The van der Waals surface area contributed by atoms with E-state index in [2.05, 4.69) is 43.1 Å². The van der Waals surface area contributed by atoms with Crippen molar-refractivity contribution in [1.29, 1.82) is 0 Å². The third kappa shape index (κ3) is 6.35. The highest BCUT2D eigenvalue weighted by Gasteiger charge is 2.35. The summed E-state index contributed by atoms with van der Waals surface area (Å²) in [6, 6.07) is 13.8. The van der Waals surface area contributed by atoms with Crippen LogP contribution < -0.4 is 14.4 Å². The Labute approximate surface area is 209 Å². The number of anilines is 1. The van der Waals surface area contributed by atoms with Crippen LogP contribution in [0.2, 0.25) is 0 Å². The molecule has 2 heterocycles. The van der Waals surface area contributed by atoms with Gasteiger partial charge in [-0.3, -0.25) is 14.0 Å². The average molecular weight is 500 g/mol. The molecule has 2 aliphatic heterocycles. The van der Waals surface area contributed by atoms with Crippen LogP contribution >= 0.6 is 0 Å². The Bertz CT molecular complexity index is 1150. The van der Waals surface area contributed by atoms with E-state index in [1.54, 1.807) is 6.07 Å². The molecule has 0 radical (unpaired) electrons. The summed E-state index contributed by atoms with van der Waals surface area (Å²) in [5, 5.41) is 2.91. The van der Waals surface area contributed by atoms with E-state index in [0.29, 0.717) is 18.0 Å². The van der Waals surface area contributed by atoms with E-state index in [0.717, 1.165) is 37.0 Å². The molecule has 0 aliphatic carbocycles. The van der Waals surface area contributed by atoms with Crippen LogP contribution in [0.15, 0.2) is 42.5 Å². The number of rotatable bonds is 6. The molecule has 0 spiro atoms. The SMILES string of the molecule is CC(C)(C)c1ccc2c(c1)N(S(C)(=O)=O)C[C@H](C(=O)NCc1ccc(CN3CCCCC3)cc1)O2. The molecule has 2 aromatic rings. The quantitative estimate of drug-likeness (QED) is 0.654. The van der Waals surface area contributed by atoms with E-state index in [4.69, 9.17) is 4.74 Å². The average Bonchev–Trinajstić information content (AvgIpc) is 2.82. The summed E-state index contributed by atoms with van der Waals surface area (Å²) in [6.07, 6.45) is 4.10. The molecule has 0 bridgehead atoms. The first-order valence-electron chi connectivity index (χ1n) is 12.4. The maximum Gasteiger partial charge on any atom is 0.263 e. The molecular formula is C27H37N3O4S. The molecular weight excluding hydrogens is 462 g/mol. The number of hydrogen-bond donors (Lipinski definition) is 1. The minimum absolute atomic E-state index is 0.0555. The molecule has 8 heteroatoms. The molecule has 0 saturated carbocycles. The fraction of sp³-hybridized carbons (Fsp3) is 0.519. The van der Waals surface area contributed by atoms with Crippen molar-refractivity contribution >= 4 is 21.6 Å². The van der Waals surface area contributed by atoms with Crippen LogP contribution in [0.1, 0.15) is 56.7 Å². The first-order chi connectivity index (χ1) is 16.5. The maximum absolute atomic E-state index is 12.9. The number of carbonyl (C=O) groups excluding carboxylic acids is 1. The zero-order valence-corrected chi connectivity index (χ0v) is 22.0. The van der Waals surface area contributed by atoms with E-state index in [-0.39, 0.29) is 17.9 Å². The molecule has 1 fully saturated rings. The zero-order chi connectivity index (χ0) is 25.2. The maximum atomic E-state index is 12.9. The van der Waals surface area contributed by atoms with Gasteiger partial charge >= 0.3 is 0 Å². The Morgan fingerprint density at radius 3 is 2.31 bits per heavy atom. The predicted molar refractivity (Wildman–Crippen MR) is 139 cm³/mol. The van der Waals surface area contributed by atoms with Crippen LogP contribution in [0.5, 0.6) is 5.75 Å². The molecule has 190 valence electrons. The smallest absolute Gasteiger partial charge is 0.263 e. The lowest BCUT2D eigenvalue weighted by Gasteiger charge is -2.35. The van der Waals surface area contributed by atoms with Gasteiger partial charge in [0, 0.05) is 13.1 Å². The molecule has 0 aromatic heterocycles. The van der Waals surface area contributed by atoms with E-state index in [1.165, 1.54) is 29.1 Å². The second-order valence-electron chi connectivity index (χ2n) is 10.7. The Morgan fingerprint density at radius 1 is 1.03 bits per heavy atom. The lowest BCUT2D eigenvalue weighted by Crippen LogP contribution is -2.50. The number of likely N-dealkylation sites (tertiary alicyclic amines) is 1. The molecule has 4 rings (SSSR count). The number of sulfonamides is 1. The van der Waals surface area contributed by atoms with Gasteiger partial charge in [-0.25, -0.2) is 8.42 Å². The minimum Gasteiger partial charge on any atom is -0.476 e. The molecule has 1 saturated heterocycles. The number of carbonyl (C=O) groups is 1. The van der Waals surface area contributed by atoms with Gasteiger partial charge in [0.1, 0.15) is 5.75 Å². The van der Waals surface area contributed by atoms with E-state index >= 15 is 0 Å². The third-order valence-electron chi connectivity index (χ3n) is 6.73. The lowest BCUT2D eigenvalue weighted by atomic mass is 9.86. The summed E-state index contributed by atoms with van der Waals surface area (Å²) < 4.78 is 32.4. The van der Waals surface area contributed by atoms with Crippen molar-refractivity contribution in [2.24, 2.45) is 0 Å². The zero-order valence-electron chi connectivity index (χ0n) is 21.2. The van der Waals surface area contributed by atoms with Crippen LogP contribution in [0.3, 0.4) is 0 Å². The number of nitrogens with zero attached hydrogens (tertiary/aromatic N) is 2. The molecule has 1 N–H and O–H groups in total. The number of amides is 1. The summed E-state index contributed by atoms with van der Waals surface area (Å²) in [6.45, 7) is 9.78. The number of piperidine rings is 1. The lowest BCUT2D eigenvalue weighted by molar-refractivity contribution is -0.127. The van der Waals surface area contributed by atoms with Gasteiger partial charge in [0.2, 0.25) is 10.0 Å². The second-order valence-corrected chi connectivity index (χ2v) is 12.6. The standard InChI is InChI=1S/C27H37N3O4S/c1-27(2,3)22-12-13-24-23(16-22)30(35(4,32)33)19-25(34-24)26(31)28-17-20-8-10-21(11-9-20)18-29-14-6-5-7-15-29/h8-13,16,25H,5-7,14-15,17-19H2,1-4H3,(H,28,31)/t25-/m1/s1. The first kappa shape index (κ1) is 25.5. The highest BCUT2D eigenvalue weighted by Crippen LogP contribution is 2.38. The van der Waals surface area contributed by atoms with Gasteiger partial charge in [0.15, 0.2) is 6.10 Å². The van der Waals surface area contributed by atoms with Gasteiger partial charge in [0.05, 0.1) is 18.5 Å². The number of hydrogen-bond acceptors (Lipinski definition) is 5. The Hall–Kier alpha value is -2.58. The van der Waals surface area contributed by atoms with Crippen LogP contribution in [0.4, 0.5) is 5.69 Å². The summed E-state index contributed by atoms with van der Waals surface area (Å²) in [5.74, 6) is 0.0680. The van der Waals surface area contributed by atoms with Gasteiger partial charge < -0.3 is 10.1 Å². The molecule has 7 nitrogen and oxygen atoms in total. The van der Waals surface area contributed by atoms with Crippen molar-refractivity contribution < 1.29 is 17.9 Å².